The number of carboxylic acids is 1. The van der Waals surface area contributed by atoms with Gasteiger partial charge in [-0.3, -0.25) is 24.0 Å². The van der Waals surface area contributed by atoms with Gasteiger partial charge in [-0.1, -0.05) is 23.2 Å². The third-order valence-electron chi connectivity index (χ3n) is 8.10. The van der Waals surface area contributed by atoms with Crippen molar-refractivity contribution in [3.8, 4) is 0 Å². The smallest absolute Gasteiger partial charge is 0.433 e. The Kier molecular flexibility index (Phi) is 9.35. The standard InChI is InChI=1S/C27H31Cl2F3N4O5/c1-26(41)8-6-15(7-9-26)13-35(14-21(37)22-19(28)11-33-12-20(22)29)24(38)18-10-34-36(23(18)27(30,31)32)17-4-2-16(3-5-17)25(39)40/h10-12,15-17,41H,2-9,13-14H2,1H3,(H,39,40). The van der Waals surface area contributed by atoms with Crippen LogP contribution in [0.3, 0.4) is 0 Å². The lowest BCUT2D eigenvalue weighted by atomic mass is 9.79. The van der Waals surface area contributed by atoms with Gasteiger partial charge in [0, 0.05) is 18.9 Å². The molecule has 1 amide bonds. The first-order valence-electron chi connectivity index (χ1n) is 13.4. The molecule has 14 heteroatoms. The number of aliphatic carboxylic acids is 1. The van der Waals surface area contributed by atoms with Crippen molar-refractivity contribution in [3.05, 3.63) is 45.5 Å². The van der Waals surface area contributed by atoms with E-state index >= 15 is 0 Å². The van der Waals surface area contributed by atoms with Crippen LogP contribution in [0.25, 0.3) is 0 Å². The summed E-state index contributed by atoms with van der Waals surface area (Å²) < 4.78 is 44.1. The fourth-order valence-electron chi connectivity index (χ4n) is 5.76. The van der Waals surface area contributed by atoms with E-state index in [9.17, 15) is 37.8 Å². The van der Waals surface area contributed by atoms with Crippen molar-refractivity contribution in [1.29, 1.82) is 0 Å². The fraction of sp³-hybridized carbons (Fsp3) is 0.593. The number of rotatable bonds is 8. The number of hydrogen-bond donors (Lipinski definition) is 2. The fourth-order valence-corrected chi connectivity index (χ4v) is 6.33. The number of aromatic nitrogens is 3. The van der Waals surface area contributed by atoms with Crippen LogP contribution in [0, 0.1) is 11.8 Å². The van der Waals surface area contributed by atoms with E-state index in [1.807, 2.05) is 0 Å². The molecule has 2 aliphatic rings. The summed E-state index contributed by atoms with van der Waals surface area (Å²) in [7, 11) is 0. The Bertz CT molecular complexity index is 1280. The number of hydrogen-bond acceptors (Lipinski definition) is 6. The molecule has 41 heavy (non-hydrogen) atoms. The molecule has 0 atom stereocenters. The molecule has 0 saturated heterocycles. The van der Waals surface area contributed by atoms with E-state index in [-0.39, 0.29) is 53.8 Å². The summed E-state index contributed by atoms with van der Waals surface area (Å²) in [5.74, 6) is -3.47. The van der Waals surface area contributed by atoms with Gasteiger partial charge in [0.1, 0.15) is 0 Å². The molecule has 0 aliphatic heterocycles. The minimum Gasteiger partial charge on any atom is -0.481 e. The largest absolute Gasteiger partial charge is 0.481 e. The third-order valence-corrected chi connectivity index (χ3v) is 8.67. The third kappa shape index (κ3) is 7.21. The molecule has 2 N–H and O–H groups in total. The Hall–Kier alpha value is -2.70. The normalized spacial score (nSPS) is 25.1. The van der Waals surface area contributed by atoms with Gasteiger partial charge >= 0.3 is 12.1 Å². The van der Waals surface area contributed by atoms with Crippen molar-refractivity contribution < 1.29 is 37.8 Å². The second-order valence-electron chi connectivity index (χ2n) is 11.2. The molecule has 0 spiro atoms. The number of carboxylic acid groups (broad SMARTS) is 1. The maximum atomic E-state index is 14.4. The molecule has 0 aromatic carbocycles. The van der Waals surface area contributed by atoms with E-state index in [1.165, 1.54) is 12.4 Å². The van der Waals surface area contributed by atoms with Gasteiger partial charge in [-0.25, -0.2) is 0 Å². The highest BCUT2D eigenvalue weighted by atomic mass is 35.5. The maximum absolute atomic E-state index is 14.4. The molecule has 2 saturated carbocycles. The lowest BCUT2D eigenvalue weighted by molar-refractivity contribution is -0.147. The SMILES string of the molecule is CC1(O)CCC(CN(CC(=O)c2c(Cl)cncc2Cl)C(=O)c2cnn(C3CCC(C(=O)O)CC3)c2C(F)(F)F)CC1. The molecule has 0 radical (unpaired) electrons. The molecule has 224 valence electrons. The van der Waals surface area contributed by atoms with Crippen LogP contribution in [0.5, 0.6) is 0 Å². The minimum atomic E-state index is -4.94. The van der Waals surface area contributed by atoms with Crippen LogP contribution in [-0.2, 0) is 11.0 Å². The predicted octanol–water partition coefficient (Wildman–Crippen LogP) is 5.69. The van der Waals surface area contributed by atoms with Crippen molar-refractivity contribution >= 4 is 40.9 Å². The van der Waals surface area contributed by atoms with E-state index in [2.05, 4.69) is 10.1 Å². The molecular weight excluding hydrogens is 588 g/mol. The lowest BCUT2D eigenvalue weighted by Crippen LogP contribution is -2.42. The summed E-state index contributed by atoms with van der Waals surface area (Å²) in [6.45, 7) is 1.10. The number of ketones is 1. The monoisotopic (exact) mass is 618 g/mol. The lowest BCUT2D eigenvalue weighted by Gasteiger charge is -2.35. The zero-order chi connectivity index (χ0) is 30.1. The number of aliphatic hydroxyl groups is 1. The zero-order valence-electron chi connectivity index (χ0n) is 22.3. The molecule has 2 aliphatic carbocycles. The number of amides is 1. The number of alkyl halides is 3. The highest BCUT2D eigenvalue weighted by molar-refractivity contribution is 6.39. The van der Waals surface area contributed by atoms with Crippen molar-refractivity contribution in [2.45, 2.75) is 76.1 Å². The maximum Gasteiger partial charge on any atom is 0.433 e. The van der Waals surface area contributed by atoms with Gasteiger partial charge in [0.15, 0.2) is 11.5 Å². The molecule has 0 bridgehead atoms. The van der Waals surface area contributed by atoms with E-state index in [1.54, 1.807) is 6.92 Å². The second-order valence-corrected chi connectivity index (χ2v) is 12.0. The van der Waals surface area contributed by atoms with Gasteiger partial charge < -0.3 is 15.1 Å². The average molecular weight is 619 g/mol. The molecule has 0 unspecified atom stereocenters. The molecule has 2 aromatic heterocycles. The Morgan fingerprint density at radius 3 is 2.17 bits per heavy atom. The summed E-state index contributed by atoms with van der Waals surface area (Å²) >= 11 is 12.3. The van der Waals surface area contributed by atoms with Crippen LogP contribution in [0.4, 0.5) is 13.2 Å². The number of halogens is 5. The first-order valence-corrected chi connectivity index (χ1v) is 14.1. The summed E-state index contributed by atoms with van der Waals surface area (Å²) in [4.78, 5) is 43.3. The van der Waals surface area contributed by atoms with Crippen LogP contribution in [0.15, 0.2) is 18.6 Å². The van der Waals surface area contributed by atoms with Gasteiger partial charge in [0.05, 0.1) is 51.5 Å². The number of nitrogens with zero attached hydrogens (tertiary/aromatic N) is 4. The number of pyridine rings is 1. The van der Waals surface area contributed by atoms with Gasteiger partial charge in [-0.15, -0.1) is 0 Å². The average Bonchev–Trinajstić information content (AvgIpc) is 3.35. The number of carbonyl (C=O) groups excluding carboxylic acids is 2. The number of Topliss-reactive ketones (excluding diaryl/α,β-unsaturated/α-hetero) is 1. The summed E-state index contributed by atoms with van der Waals surface area (Å²) in [6.07, 6.45) is 0.978. The zero-order valence-corrected chi connectivity index (χ0v) is 23.8. The van der Waals surface area contributed by atoms with Crippen molar-refractivity contribution in [3.63, 3.8) is 0 Å². The van der Waals surface area contributed by atoms with Gasteiger partial charge in [0.2, 0.25) is 0 Å². The first kappa shape index (κ1) is 31.2. The highest BCUT2D eigenvalue weighted by Crippen LogP contribution is 2.40. The predicted molar refractivity (Wildman–Crippen MR) is 143 cm³/mol. The van der Waals surface area contributed by atoms with E-state index in [0.29, 0.717) is 25.7 Å². The van der Waals surface area contributed by atoms with Crippen molar-refractivity contribution in [2.75, 3.05) is 13.1 Å². The van der Waals surface area contributed by atoms with Crippen molar-refractivity contribution in [2.24, 2.45) is 11.8 Å². The van der Waals surface area contributed by atoms with Crippen LogP contribution in [0.2, 0.25) is 10.0 Å². The van der Waals surface area contributed by atoms with E-state index < -0.39 is 59.2 Å². The Morgan fingerprint density at radius 1 is 1.05 bits per heavy atom. The number of carbonyl (C=O) groups is 3. The van der Waals surface area contributed by atoms with Crippen LogP contribution >= 0.6 is 23.2 Å². The molecule has 2 aromatic rings. The highest BCUT2D eigenvalue weighted by Gasteiger charge is 2.44. The molecule has 4 rings (SSSR count). The van der Waals surface area contributed by atoms with Crippen LogP contribution < -0.4 is 0 Å². The summed E-state index contributed by atoms with van der Waals surface area (Å²) in [6, 6.07) is -0.728. The minimum absolute atomic E-state index is 0.0207. The van der Waals surface area contributed by atoms with Gasteiger partial charge in [-0.05, 0) is 64.2 Å². The Balaban J connectivity index is 1.66. The topological polar surface area (TPSA) is 126 Å². The summed E-state index contributed by atoms with van der Waals surface area (Å²) in [5.41, 5.74) is -2.89. The van der Waals surface area contributed by atoms with Gasteiger partial charge in [0.25, 0.3) is 5.91 Å². The molecule has 2 fully saturated rings. The second kappa shape index (κ2) is 12.3. The quantitative estimate of drug-likeness (QED) is 0.364. The van der Waals surface area contributed by atoms with E-state index in [0.717, 1.165) is 15.8 Å². The van der Waals surface area contributed by atoms with Crippen LogP contribution in [-0.4, -0.2) is 66.2 Å². The first-order chi connectivity index (χ1) is 19.2. The Labute approximate surface area is 244 Å². The molecule has 2 heterocycles. The Morgan fingerprint density at radius 2 is 1.63 bits per heavy atom. The van der Waals surface area contributed by atoms with Crippen molar-refractivity contribution in [1.82, 2.24) is 19.7 Å². The van der Waals surface area contributed by atoms with E-state index in [4.69, 9.17) is 23.2 Å². The van der Waals surface area contributed by atoms with Crippen LogP contribution in [0.1, 0.15) is 90.7 Å². The molecule has 9 nitrogen and oxygen atoms in total. The van der Waals surface area contributed by atoms with Gasteiger partial charge in [-0.2, -0.15) is 18.3 Å². The molecular formula is C27H31Cl2F3N4O5. The summed E-state index contributed by atoms with van der Waals surface area (Å²) in [5, 5.41) is 23.4.